The molecular weight excluding hydrogens is 402 g/mol. The van der Waals surface area contributed by atoms with Crippen LogP contribution in [0.2, 0.25) is 0 Å². The van der Waals surface area contributed by atoms with Gasteiger partial charge in [0.15, 0.2) is 0 Å². The van der Waals surface area contributed by atoms with Crippen LogP contribution in [0.1, 0.15) is 45.1 Å². The average Bonchev–Trinajstić information content (AvgIpc) is 3.22. The lowest BCUT2D eigenvalue weighted by Crippen LogP contribution is -2.01. The van der Waals surface area contributed by atoms with Gasteiger partial charge in [-0.3, -0.25) is 0 Å². The highest BCUT2D eigenvalue weighted by Gasteiger charge is 2.17. The zero-order chi connectivity index (χ0) is 22.8. The molecule has 0 aliphatic carbocycles. The van der Waals surface area contributed by atoms with Crippen LogP contribution in [0.25, 0.3) is 33.2 Å². The van der Waals surface area contributed by atoms with Gasteiger partial charge < -0.3 is 9.88 Å². The fourth-order valence-electron chi connectivity index (χ4n) is 4.68. The Morgan fingerprint density at radius 3 is 2.39 bits per heavy atom. The predicted octanol–water partition coefficient (Wildman–Crippen LogP) is 8.52. The van der Waals surface area contributed by atoms with Crippen molar-refractivity contribution in [1.82, 2.24) is 9.55 Å². The summed E-state index contributed by atoms with van der Waals surface area (Å²) in [7, 11) is 0. The molecule has 0 radical (unpaired) electrons. The molecule has 1 N–H and O–H groups in total. The third-order valence-corrected chi connectivity index (χ3v) is 6.40. The fraction of sp³-hybridized carbons (Fsp3) is 0.233. The monoisotopic (exact) mass is 433 g/mol. The summed E-state index contributed by atoms with van der Waals surface area (Å²) < 4.78 is 2.40. The normalized spacial score (nSPS) is 11.5. The summed E-state index contributed by atoms with van der Waals surface area (Å²) in [6.07, 6.45) is 2.27. The first-order chi connectivity index (χ1) is 16.2. The van der Waals surface area contributed by atoms with Crippen molar-refractivity contribution < 1.29 is 0 Å². The highest BCUT2D eigenvalue weighted by molar-refractivity contribution is 5.99. The molecule has 0 atom stereocenters. The molecule has 0 aliphatic rings. The molecule has 4 aromatic carbocycles. The van der Waals surface area contributed by atoms with Crippen LogP contribution in [-0.4, -0.2) is 9.55 Å². The molecule has 0 unspecified atom stereocenters. The molecule has 33 heavy (non-hydrogen) atoms. The van der Waals surface area contributed by atoms with Crippen LogP contribution in [0.3, 0.4) is 0 Å². The van der Waals surface area contributed by atoms with Crippen LogP contribution >= 0.6 is 0 Å². The van der Waals surface area contributed by atoms with E-state index in [0.717, 1.165) is 42.1 Å². The molecule has 0 spiro atoms. The van der Waals surface area contributed by atoms with Crippen molar-refractivity contribution >= 4 is 33.2 Å². The minimum atomic E-state index is 0.446. The number of fused-ring (bicyclic) bond motifs is 2. The lowest BCUT2D eigenvalue weighted by molar-refractivity contribution is 0.651. The Morgan fingerprint density at radius 1 is 0.818 bits per heavy atom. The van der Waals surface area contributed by atoms with Crippen LogP contribution in [0, 0.1) is 0 Å². The summed E-state index contributed by atoms with van der Waals surface area (Å²) in [5, 5.41) is 6.19. The number of unbranched alkanes of at least 4 members (excludes halogenated alkanes) is 1. The lowest BCUT2D eigenvalue weighted by Gasteiger charge is -2.15. The minimum absolute atomic E-state index is 0.446. The maximum atomic E-state index is 5.26. The average molecular weight is 434 g/mol. The van der Waals surface area contributed by atoms with E-state index in [1.807, 2.05) is 0 Å². The Balaban J connectivity index is 1.70. The van der Waals surface area contributed by atoms with Gasteiger partial charge in [-0.25, -0.2) is 4.98 Å². The van der Waals surface area contributed by atoms with Gasteiger partial charge >= 0.3 is 0 Å². The molecule has 5 rings (SSSR count). The minimum Gasteiger partial charge on any atom is -0.353 e. The van der Waals surface area contributed by atoms with Crippen molar-refractivity contribution in [3.63, 3.8) is 0 Å². The van der Waals surface area contributed by atoms with E-state index >= 15 is 0 Å². The summed E-state index contributed by atoms with van der Waals surface area (Å²) in [5.41, 5.74) is 6.91. The van der Waals surface area contributed by atoms with E-state index in [-0.39, 0.29) is 0 Å². The Bertz CT molecular complexity index is 1410. The van der Waals surface area contributed by atoms with Gasteiger partial charge in [-0.05, 0) is 46.9 Å². The number of aryl methyl sites for hydroxylation is 1. The van der Waals surface area contributed by atoms with Crippen LogP contribution < -0.4 is 5.32 Å². The first kappa shape index (κ1) is 21.3. The zero-order valence-electron chi connectivity index (χ0n) is 19.7. The van der Waals surface area contributed by atoms with Gasteiger partial charge in [0.1, 0.15) is 11.3 Å². The van der Waals surface area contributed by atoms with Gasteiger partial charge in [-0.2, -0.15) is 0 Å². The third-order valence-electron chi connectivity index (χ3n) is 6.40. The highest BCUT2D eigenvalue weighted by Crippen LogP contribution is 2.35. The molecule has 1 aromatic heterocycles. The second-order valence-corrected chi connectivity index (χ2v) is 9.01. The number of aromatic nitrogens is 2. The van der Waals surface area contributed by atoms with Crippen molar-refractivity contribution in [3.05, 3.63) is 90.5 Å². The molecule has 0 bridgehead atoms. The largest absolute Gasteiger partial charge is 0.353 e. The number of anilines is 2. The van der Waals surface area contributed by atoms with Crippen molar-refractivity contribution in [3.8, 4) is 11.4 Å². The van der Waals surface area contributed by atoms with E-state index in [1.54, 1.807) is 0 Å². The van der Waals surface area contributed by atoms with Crippen molar-refractivity contribution in [2.24, 2.45) is 0 Å². The van der Waals surface area contributed by atoms with Crippen molar-refractivity contribution in [2.75, 3.05) is 5.32 Å². The Labute approximate surface area is 196 Å². The van der Waals surface area contributed by atoms with E-state index in [2.05, 4.69) is 116 Å². The predicted molar refractivity (Wildman–Crippen MR) is 141 cm³/mol. The molecule has 3 heteroatoms. The van der Waals surface area contributed by atoms with E-state index in [9.17, 15) is 0 Å². The second kappa shape index (κ2) is 9.11. The standard InChI is InChI=1S/C30H31N3/c1-4-5-20-33-28-19-11-18-27(31-26-17-9-8-14-23(26)21(2)3)29(28)32-30(33)25-16-10-13-22-12-6-7-15-24(22)25/h6-19,21,31H,4-5,20H2,1-3H3. The second-order valence-electron chi connectivity index (χ2n) is 9.01. The summed E-state index contributed by atoms with van der Waals surface area (Å²) in [5.74, 6) is 1.49. The summed E-state index contributed by atoms with van der Waals surface area (Å²) in [4.78, 5) is 5.26. The van der Waals surface area contributed by atoms with Gasteiger partial charge in [0.2, 0.25) is 0 Å². The highest BCUT2D eigenvalue weighted by atomic mass is 15.1. The molecule has 0 aliphatic heterocycles. The summed E-state index contributed by atoms with van der Waals surface area (Å²) >= 11 is 0. The maximum absolute atomic E-state index is 5.26. The number of benzene rings is 4. The van der Waals surface area contributed by atoms with Gasteiger partial charge in [-0.1, -0.05) is 93.9 Å². The van der Waals surface area contributed by atoms with E-state index in [0.29, 0.717) is 5.92 Å². The lowest BCUT2D eigenvalue weighted by atomic mass is 10.0. The van der Waals surface area contributed by atoms with E-state index < -0.39 is 0 Å². The zero-order valence-corrected chi connectivity index (χ0v) is 19.7. The van der Waals surface area contributed by atoms with Crippen LogP contribution in [0.15, 0.2) is 84.9 Å². The summed E-state index contributed by atoms with van der Waals surface area (Å²) in [6, 6.07) is 30.1. The van der Waals surface area contributed by atoms with Gasteiger partial charge in [-0.15, -0.1) is 0 Å². The molecule has 0 saturated heterocycles. The number of para-hydroxylation sites is 2. The quantitative estimate of drug-likeness (QED) is 0.279. The molecule has 1 heterocycles. The maximum Gasteiger partial charge on any atom is 0.141 e. The number of nitrogens with zero attached hydrogens (tertiary/aromatic N) is 2. The SMILES string of the molecule is CCCCn1c(-c2cccc3ccccc23)nc2c(Nc3ccccc3C(C)C)cccc21. The number of imidazole rings is 1. The first-order valence-electron chi connectivity index (χ1n) is 12.0. The number of hydrogen-bond acceptors (Lipinski definition) is 2. The Hall–Kier alpha value is -3.59. The molecule has 0 saturated carbocycles. The van der Waals surface area contributed by atoms with E-state index in [1.165, 1.54) is 27.4 Å². The number of hydrogen-bond donors (Lipinski definition) is 1. The molecule has 166 valence electrons. The molecule has 0 fully saturated rings. The van der Waals surface area contributed by atoms with Crippen LogP contribution in [0.5, 0.6) is 0 Å². The third kappa shape index (κ3) is 4.00. The molecular formula is C30H31N3. The fourth-order valence-corrected chi connectivity index (χ4v) is 4.68. The number of rotatable bonds is 7. The Kier molecular flexibility index (Phi) is 5.87. The van der Waals surface area contributed by atoms with E-state index in [4.69, 9.17) is 4.98 Å². The summed E-state index contributed by atoms with van der Waals surface area (Å²) in [6.45, 7) is 7.67. The molecule has 5 aromatic rings. The van der Waals surface area contributed by atoms with Crippen LogP contribution in [-0.2, 0) is 6.54 Å². The Morgan fingerprint density at radius 2 is 1.55 bits per heavy atom. The van der Waals surface area contributed by atoms with Crippen molar-refractivity contribution in [2.45, 2.75) is 46.1 Å². The van der Waals surface area contributed by atoms with Crippen molar-refractivity contribution in [1.29, 1.82) is 0 Å². The van der Waals surface area contributed by atoms with Gasteiger partial charge in [0.05, 0.1) is 11.2 Å². The molecule has 3 nitrogen and oxygen atoms in total. The molecule has 0 amide bonds. The smallest absolute Gasteiger partial charge is 0.141 e. The number of nitrogens with one attached hydrogen (secondary N) is 1. The first-order valence-corrected chi connectivity index (χ1v) is 12.0. The van der Waals surface area contributed by atoms with Crippen LogP contribution in [0.4, 0.5) is 11.4 Å². The topological polar surface area (TPSA) is 29.9 Å². The van der Waals surface area contributed by atoms with Gasteiger partial charge in [0.25, 0.3) is 0 Å². The van der Waals surface area contributed by atoms with Gasteiger partial charge in [0, 0.05) is 17.8 Å².